The van der Waals surface area contributed by atoms with Gasteiger partial charge >= 0.3 is 0 Å². The second-order valence-electron chi connectivity index (χ2n) is 4.69. The van der Waals surface area contributed by atoms with Crippen molar-refractivity contribution in [2.45, 2.75) is 0 Å². The molecule has 2 rings (SSSR count). The molecule has 0 aliphatic heterocycles. The van der Waals surface area contributed by atoms with E-state index < -0.39 is 23.4 Å². The number of hydrogen-bond acceptors (Lipinski definition) is 3. The first kappa shape index (κ1) is 16.4. The highest BCUT2D eigenvalue weighted by Gasteiger charge is 2.25. The largest absolute Gasteiger partial charge is 0.494 e. The van der Waals surface area contributed by atoms with Crippen LogP contribution in [-0.4, -0.2) is 26.0 Å². The fraction of sp³-hybridized carbons (Fsp3) is 0.125. The molecule has 0 heterocycles. The Labute approximate surface area is 131 Å². The van der Waals surface area contributed by atoms with Crippen LogP contribution < -0.4 is 15.4 Å². The Balaban J connectivity index is 2.52. The molecule has 0 atom stereocenters. The fourth-order valence-corrected chi connectivity index (χ4v) is 2.17. The van der Waals surface area contributed by atoms with Crippen LogP contribution in [0.5, 0.6) is 5.75 Å². The third-order valence-electron chi connectivity index (χ3n) is 3.31. The van der Waals surface area contributed by atoms with Gasteiger partial charge in [-0.2, -0.15) is 0 Å². The van der Waals surface area contributed by atoms with Gasteiger partial charge in [0.15, 0.2) is 11.6 Å². The van der Waals surface area contributed by atoms with Gasteiger partial charge in [-0.3, -0.25) is 9.59 Å². The number of carbonyl (C=O) groups excluding carboxylic acids is 2. The van der Waals surface area contributed by atoms with E-state index in [0.717, 1.165) is 11.0 Å². The van der Waals surface area contributed by atoms with E-state index in [-0.39, 0.29) is 22.6 Å². The van der Waals surface area contributed by atoms with Crippen LogP contribution in [0.15, 0.2) is 36.4 Å². The van der Waals surface area contributed by atoms with Crippen molar-refractivity contribution in [3.63, 3.8) is 0 Å². The second-order valence-corrected chi connectivity index (χ2v) is 4.69. The van der Waals surface area contributed by atoms with E-state index in [1.807, 2.05) is 0 Å². The standard InChI is InChI=1S/C16H14F2N2O3/c1-20(14-10(15(19)21)6-3-7-11(14)17)16(22)9-5-4-8-12(23-2)13(9)18/h3-8H,1-2H3,(H2,19,21). The van der Waals surface area contributed by atoms with E-state index in [4.69, 9.17) is 10.5 Å². The minimum atomic E-state index is -0.898. The van der Waals surface area contributed by atoms with Crippen LogP contribution in [0, 0.1) is 11.6 Å². The molecule has 2 amide bonds. The van der Waals surface area contributed by atoms with E-state index >= 15 is 0 Å². The monoisotopic (exact) mass is 320 g/mol. The average molecular weight is 320 g/mol. The van der Waals surface area contributed by atoms with E-state index in [1.165, 1.54) is 44.5 Å². The summed E-state index contributed by atoms with van der Waals surface area (Å²) in [5.41, 5.74) is 4.39. The van der Waals surface area contributed by atoms with Crippen molar-refractivity contribution < 1.29 is 23.1 Å². The summed E-state index contributed by atoms with van der Waals surface area (Å²) in [6.07, 6.45) is 0. The topological polar surface area (TPSA) is 72.6 Å². The van der Waals surface area contributed by atoms with Gasteiger partial charge in [-0.25, -0.2) is 8.78 Å². The maximum Gasteiger partial charge on any atom is 0.261 e. The molecule has 2 aromatic rings. The summed E-state index contributed by atoms with van der Waals surface area (Å²) in [6, 6.07) is 7.67. The van der Waals surface area contributed by atoms with Crippen molar-refractivity contribution >= 4 is 17.5 Å². The Bertz CT molecular complexity index is 778. The van der Waals surface area contributed by atoms with Crippen LogP contribution in [0.4, 0.5) is 14.5 Å². The third kappa shape index (κ3) is 2.98. The number of methoxy groups -OCH3 is 1. The highest BCUT2D eigenvalue weighted by atomic mass is 19.1. The summed E-state index contributed by atoms with van der Waals surface area (Å²) >= 11 is 0. The average Bonchev–Trinajstić information content (AvgIpc) is 2.53. The van der Waals surface area contributed by atoms with Crippen LogP contribution in [-0.2, 0) is 0 Å². The molecular formula is C16H14F2N2O3. The van der Waals surface area contributed by atoms with Crippen molar-refractivity contribution in [1.82, 2.24) is 0 Å². The molecule has 0 aliphatic rings. The lowest BCUT2D eigenvalue weighted by Crippen LogP contribution is -2.30. The van der Waals surface area contributed by atoms with Gasteiger partial charge in [-0.05, 0) is 24.3 Å². The first-order valence-electron chi connectivity index (χ1n) is 6.57. The molecule has 0 bridgehead atoms. The van der Waals surface area contributed by atoms with Gasteiger partial charge in [0.1, 0.15) is 5.82 Å². The molecule has 7 heteroatoms. The summed E-state index contributed by atoms with van der Waals surface area (Å²) in [4.78, 5) is 24.7. The van der Waals surface area contributed by atoms with E-state index in [0.29, 0.717) is 0 Å². The number of hydrogen-bond donors (Lipinski definition) is 1. The highest BCUT2D eigenvalue weighted by molar-refractivity contribution is 6.10. The number of nitrogens with zero attached hydrogens (tertiary/aromatic N) is 1. The zero-order valence-corrected chi connectivity index (χ0v) is 12.5. The molecule has 120 valence electrons. The molecule has 23 heavy (non-hydrogen) atoms. The molecule has 0 saturated heterocycles. The first-order valence-corrected chi connectivity index (χ1v) is 6.57. The lowest BCUT2D eigenvalue weighted by atomic mass is 10.1. The van der Waals surface area contributed by atoms with Gasteiger partial charge in [0.2, 0.25) is 0 Å². The Morgan fingerprint density at radius 3 is 2.30 bits per heavy atom. The summed E-state index contributed by atoms with van der Waals surface area (Å²) < 4.78 is 33.1. The van der Waals surface area contributed by atoms with E-state index in [1.54, 1.807) is 0 Å². The second kappa shape index (κ2) is 6.43. The number of halogens is 2. The van der Waals surface area contributed by atoms with Gasteiger partial charge < -0.3 is 15.4 Å². The molecule has 2 aromatic carbocycles. The van der Waals surface area contributed by atoms with Gasteiger partial charge in [0, 0.05) is 7.05 Å². The van der Waals surface area contributed by atoms with Crippen LogP contribution >= 0.6 is 0 Å². The molecule has 0 spiro atoms. The van der Waals surface area contributed by atoms with Crippen LogP contribution in [0.2, 0.25) is 0 Å². The zero-order valence-electron chi connectivity index (χ0n) is 12.5. The van der Waals surface area contributed by atoms with Gasteiger partial charge in [-0.15, -0.1) is 0 Å². The molecule has 0 aromatic heterocycles. The summed E-state index contributed by atoms with van der Waals surface area (Å²) in [5, 5.41) is 0. The van der Waals surface area contributed by atoms with E-state index in [2.05, 4.69) is 0 Å². The van der Waals surface area contributed by atoms with Gasteiger partial charge in [-0.1, -0.05) is 12.1 Å². The zero-order chi connectivity index (χ0) is 17.1. The molecule has 0 saturated carbocycles. The number of carbonyl (C=O) groups is 2. The Kier molecular flexibility index (Phi) is 4.59. The molecule has 5 nitrogen and oxygen atoms in total. The smallest absolute Gasteiger partial charge is 0.261 e. The molecule has 0 unspecified atom stereocenters. The number of primary amides is 1. The maximum atomic E-state index is 14.2. The van der Waals surface area contributed by atoms with Crippen molar-refractivity contribution in [3.05, 3.63) is 59.2 Å². The van der Waals surface area contributed by atoms with Gasteiger partial charge in [0.25, 0.3) is 11.8 Å². The number of ether oxygens (including phenoxy) is 1. The van der Waals surface area contributed by atoms with E-state index in [9.17, 15) is 18.4 Å². The minimum absolute atomic E-state index is 0.118. The predicted molar refractivity (Wildman–Crippen MR) is 80.6 cm³/mol. The quantitative estimate of drug-likeness (QED) is 0.940. The Morgan fingerprint density at radius 2 is 1.70 bits per heavy atom. The molecule has 0 aliphatic carbocycles. The van der Waals surface area contributed by atoms with Crippen LogP contribution in [0.3, 0.4) is 0 Å². The number of nitrogens with two attached hydrogens (primary N) is 1. The summed E-state index contributed by atoms with van der Waals surface area (Å²) in [5.74, 6) is -3.54. The molecule has 0 radical (unpaired) electrons. The van der Waals surface area contributed by atoms with Crippen molar-refractivity contribution in [1.29, 1.82) is 0 Å². The van der Waals surface area contributed by atoms with Gasteiger partial charge in [0.05, 0.1) is 23.9 Å². The Hall–Kier alpha value is -2.96. The predicted octanol–water partition coefficient (Wildman–Crippen LogP) is 2.35. The summed E-state index contributed by atoms with van der Waals surface area (Å²) in [7, 11) is 2.49. The van der Waals surface area contributed by atoms with Crippen LogP contribution in [0.1, 0.15) is 20.7 Å². The third-order valence-corrected chi connectivity index (χ3v) is 3.31. The Morgan fingerprint density at radius 1 is 1.09 bits per heavy atom. The normalized spacial score (nSPS) is 10.3. The lowest BCUT2D eigenvalue weighted by molar-refractivity contribution is 0.0987. The molecule has 0 fully saturated rings. The number of rotatable bonds is 4. The molecule has 2 N–H and O–H groups in total. The lowest BCUT2D eigenvalue weighted by Gasteiger charge is -2.21. The summed E-state index contributed by atoms with van der Waals surface area (Å²) in [6.45, 7) is 0. The number of para-hydroxylation sites is 1. The fourth-order valence-electron chi connectivity index (χ4n) is 2.17. The van der Waals surface area contributed by atoms with Crippen LogP contribution in [0.25, 0.3) is 0 Å². The SMILES string of the molecule is COc1cccc(C(=O)N(C)c2c(F)cccc2C(N)=O)c1F. The number of anilines is 1. The maximum absolute atomic E-state index is 14.2. The first-order chi connectivity index (χ1) is 10.9. The van der Waals surface area contributed by atoms with Crippen molar-refractivity contribution in [2.75, 3.05) is 19.1 Å². The number of benzene rings is 2. The van der Waals surface area contributed by atoms with Crippen molar-refractivity contribution in [2.24, 2.45) is 5.73 Å². The molecular weight excluding hydrogens is 306 g/mol. The van der Waals surface area contributed by atoms with Crippen molar-refractivity contribution in [3.8, 4) is 5.75 Å². The number of amides is 2. The minimum Gasteiger partial charge on any atom is -0.494 e. The highest BCUT2D eigenvalue weighted by Crippen LogP contribution is 2.27.